The fraction of sp³-hybridized carbons (Fsp3) is 0.588. The first-order valence-corrected chi connectivity index (χ1v) is 7.64. The summed E-state index contributed by atoms with van der Waals surface area (Å²) < 4.78 is 10.8. The fourth-order valence-corrected chi connectivity index (χ4v) is 3.72. The number of methoxy groups -OCH3 is 2. The standard InChI is InChI=1S/C17H22N2O2/c1-20-16-8-12-6-7-19(11-14(12)9-17(16)21-2)15-5-3-4-13(15)10-18/h8-9,13,15H,3-7,11H2,1-2H3. The topological polar surface area (TPSA) is 45.5 Å². The molecule has 0 spiro atoms. The molecule has 1 aliphatic carbocycles. The molecule has 1 heterocycles. The summed E-state index contributed by atoms with van der Waals surface area (Å²) >= 11 is 0. The smallest absolute Gasteiger partial charge is 0.161 e. The summed E-state index contributed by atoms with van der Waals surface area (Å²) in [6.45, 7) is 1.95. The van der Waals surface area contributed by atoms with E-state index >= 15 is 0 Å². The minimum absolute atomic E-state index is 0.201. The van der Waals surface area contributed by atoms with Crippen molar-refractivity contribution in [2.24, 2.45) is 5.92 Å². The minimum Gasteiger partial charge on any atom is -0.493 e. The van der Waals surface area contributed by atoms with E-state index in [9.17, 15) is 5.26 Å². The molecule has 0 amide bonds. The van der Waals surface area contributed by atoms with E-state index in [2.05, 4.69) is 23.1 Å². The summed E-state index contributed by atoms with van der Waals surface area (Å²) in [5, 5.41) is 9.30. The van der Waals surface area contributed by atoms with Gasteiger partial charge in [-0.15, -0.1) is 0 Å². The molecule has 0 N–H and O–H groups in total. The van der Waals surface area contributed by atoms with Gasteiger partial charge in [0.25, 0.3) is 0 Å². The van der Waals surface area contributed by atoms with Crippen molar-refractivity contribution >= 4 is 0 Å². The minimum atomic E-state index is 0.201. The molecule has 4 heteroatoms. The van der Waals surface area contributed by atoms with Crippen LogP contribution in [-0.4, -0.2) is 31.7 Å². The number of rotatable bonds is 3. The van der Waals surface area contributed by atoms with E-state index in [4.69, 9.17) is 9.47 Å². The van der Waals surface area contributed by atoms with Crippen LogP contribution in [0.15, 0.2) is 12.1 Å². The zero-order valence-corrected chi connectivity index (χ0v) is 12.8. The van der Waals surface area contributed by atoms with E-state index < -0.39 is 0 Å². The molecule has 1 fully saturated rings. The molecule has 21 heavy (non-hydrogen) atoms. The lowest BCUT2D eigenvalue weighted by molar-refractivity contribution is 0.161. The van der Waals surface area contributed by atoms with E-state index in [-0.39, 0.29) is 5.92 Å². The van der Waals surface area contributed by atoms with Gasteiger partial charge in [-0.25, -0.2) is 0 Å². The molecule has 1 aromatic rings. The molecule has 2 aliphatic rings. The summed E-state index contributed by atoms with van der Waals surface area (Å²) in [4.78, 5) is 2.48. The van der Waals surface area contributed by atoms with Crippen LogP contribution in [0, 0.1) is 17.2 Å². The maximum absolute atomic E-state index is 9.30. The highest BCUT2D eigenvalue weighted by atomic mass is 16.5. The molecule has 1 aliphatic heterocycles. The number of hydrogen-bond donors (Lipinski definition) is 0. The summed E-state index contributed by atoms with van der Waals surface area (Å²) in [6, 6.07) is 7.11. The molecule has 2 unspecified atom stereocenters. The average Bonchev–Trinajstić information content (AvgIpc) is 3.01. The van der Waals surface area contributed by atoms with Gasteiger partial charge in [-0.1, -0.05) is 6.42 Å². The normalized spacial score (nSPS) is 25.2. The molecule has 0 aromatic heterocycles. The number of hydrogen-bond acceptors (Lipinski definition) is 4. The van der Waals surface area contributed by atoms with Gasteiger partial charge in [0.05, 0.1) is 26.2 Å². The van der Waals surface area contributed by atoms with Crippen LogP contribution >= 0.6 is 0 Å². The SMILES string of the molecule is COc1cc2c(cc1OC)CN(C1CCCC1C#N)CC2. The van der Waals surface area contributed by atoms with E-state index in [0.717, 1.165) is 43.9 Å². The summed E-state index contributed by atoms with van der Waals surface area (Å²) in [5.41, 5.74) is 2.65. The lowest BCUT2D eigenvalue weighted by Crippen LogP contribution is -2.41. The first kappa shape index (κ1) is 14.2. The van der Waals surface area contributed by atoms with Crippen molar-refractivity contribution in [3.63, 3.8) is 0 Å². The third-order valence-corrected chi connectivity index (χ3v) is 4.86. The zero-order chi connectivity index (χ0) is 14.8. The van der Waals surface area contributed by atoms with Gasteiger partial charge in [-0.2, -0.15) is 5.26 Å². The Morgan fingerprint density at radius 3 is 2.52 bits per heavy atom. The van der Waals surface area contributed by atoms with E-state index in [1.165, 1.54) is 17.5 Å². The molecule has 2 atom stereocenters. The van der Waals surface area contributed by atoms with Gasteiger partial charge in [0.15, 0.2) is 11.5 Å². The highest BCUT2D eigenvalue weighted by Crippen LogP contribution is 2.36. The monoisotopic (exact) mass is 286 g/mol. The highest BCUT2D eigenvalue weighted by molar-refractivity contribution is 5.48. The van der Waals surface area contributed by atoms with E-state index in [1.807, 2.05) is 0 Å². The van der Waals surface area contributed by atoms with Crippen LogP contribution in [0.25, 0.3) is 0 Å². The van der Waals surface area contributed by atoms with Crippen molar-refractivity contribution in [2.45, 2.75) is 38.3 Å². The van der Waals surface area contributed by atoms with Gasteiger partial charge < -0.3 is 9.47 Å². The van der Waals surface area contributed by atoms with Crippen LogP contribution in [0.3, 0.4) is 0 Å². The maximum atomic E-state index is 9.30. The molecular formula is C17H22N2O2. The Balaban J connectivity index is 1.83. The second kappa shape index (κ2) is 5.95. The number of nitriles is 1. The predicted molar refractivity (Wildman–Crippen MR) is 80.4 cm³/mol. The summed E-state index contributed by atoms with van der Waals surface area (Å²) in [6.07, 6.45) is 4.40. The Morgan fingerprint density at radius 1 is 1.14 bits per heavy atom. The maximum Gasteiger partial charge on any atom is 0.161 e. The predicted octanol–water partition coefficient (Wildman–Crippen LogP) is 2.75. The molecular weight excluding hydrogens is 264 g/mol. The van der Waals surface area contributed by atoms with Crippen LogP contribution in [0.5, 0.6) is 11.5 Å². The Morgan fingerprint density at radius 2 is 1.86 bits per heavy atom. The Bertz CT molecular complexity index is 565. The first-order chi connectivity index (χ1) is 10.3. The molecule has 3 rings (SSSR count). The van der Waals surface area contributed by atoms with E-state index in [1.54, 1.807) is 14.2 Å². The van der Waals surface area contributed by atoms with Gasteiger partial charge in [0, 0.05) is 19.1 Å². The Hall–Kier alpha value is -1.73. The lowest BCUT2D eigenvalue weighted by Gasteiger charge is -2.35. The number of fused-ring (bicyclic) bond motifs is 1. The van der Waals surface area contributed by atoms with Crippen LogP contribution in [0.4, 0.5) is 0 Å². The molecule has 0 saturated heterocycles. The second-order valence-corrected chi connectivity index (χ2v) is 5.93. The van der Waals surface area contributed by atoms with Crippen molar-refractivity contribution in [1.82, 2.24) is 4.90 Å². The molecule has 112 valence electrons. The molecule has 0 bridgehead atoms. The quantitative estimate of drug-likeness (QED) is 0.857. The molecule has 1 saturated carbocycles. The number of nitrogens with zero attached hydrogens (tertiary/aromatic N) is 2. The highest BCUT2D eigenvalue weighted by Gasteiger charge is 2.34. The van der Waals surface area contributed by atoms with E-state index in [0.29, 0.717) is 6.04 Å². The summed E-state index contributed by atoms with van der Waals surface area (Å²) in [5.74, 6) is 1.80. The van der Waals surface area contributed by atoms with Gasteiger partial charge in [-0.3, -0.25) is 4.90 Å². The van der Waals surface area contributed by atoms with Crippen molar-refractivity contribution < 1.29 is 9.47 Å². The van der Waals surface area contributed by atoms with Crippen LogP contribution in [-0.2, 0) is 13.0 Å². The van der Waals surface area contributed by atoms with Crippen LogP contribution in [0.2, 0.25) is 0 Å². The number of ether oxygens (including phenoxy) is 2. The Labute approximate surface area is 126 Å². The van der Waals surface area contributed by atoms with Gasteiger partial charge in [0.1, 0.15) is 0 Å². The largest absolute Gasteiger partial charge is 0.493 e. The first-order valence-electron chi connectivity index (χ1n) is 7.64. The van der Waals surface area contributed by atoms with Crippen LogP contribution < -0.4 is 9.47 Å². The lowest BCUT2D eigenvalue weighted by atomic mass is 9.95. The van der Waals surface area contributed by atoms with Crippen molar-refractivity contribution in [3.8, 4) is 17.6 Å². The van der Waals surface area contributed by atoms with Crippen molar-refractivity contribution in [1.29, 1.82) is 5.26 Å². The third-order valence-electron chi connectivity index (χ3n) is 4.86. The summed E-state index contributed by atoms with van der Waals surface area (Å²) in [7, 11) is 3.35. The number of benzene rings is 1. The van der Waals surface area contributed by atoms with Crippen molar-refractivity contribution in [2.75, 3.05) is 20.8 Å². The van der Waals surface area contributed by atoms with Gasteiger partial charge in [0.2, 0.25) is 0 Å². The third kappa shape index (κ3) is 2.58. The van der Waals surface area contributed by atoms with Gasteiger partial charge >= 0.3 is 0 Å². The Kier molecular flexibility index (Phi) is 4.03. The van der Waals surface area contributed by atoms with Crippen LogP contribution in [0.1, 0.15) is 30.4 Å². The zero-order valence-electron chi connectivity index (χ0n) is 12.8. The molecule has 0 radical (unpaired) electrons. The van der Waals surface area contributed by atoms with Crippen molar-refractivity contribution in [3.05, 3.63) is 23.3 Å². The molecule has 1 aromatic carbocycles. The average molecular weight is 286 g/mol. The molecule has 4 nitrogen and oxygen atoms in total. The van der Waals surface area contributed by atoms with Gasteiger partial charge in [-0.05, 0) is 42.5 Å². The second-order valence-electron chi connectivity index (χ2n) is 5.93. The fourth-order valence-electron chi connectivity index (χ4n) is 3.72.